The summed E-state index contributed by atoms with van der Waals surface area (Å²) in [6.45, 7) is 1.78. The lowest BCUT2D eigenvalue weighted by Crippen LogP contribution is -2.40. The topological polar surface area (TPSA) is 113 Å². The monoisotopic (exact) mass is 406 g/mol. The number of sulfonamides is 1. The lowest BCUT2D eigenvalue weighted by atomic mass is 10.2. The fraction of sp³-hybridized carbons (Fsp3) is 0.333. The van der Waals surface area contributed by atoms with Crippen LogP contribution in [0, 0.1) is 0 Å². The van der Waals surface area contributed by atoms with Crippen molar-refractivity contribution < 1.29 is 31.5 Å². The van der Waals surface area contributed by atoms with Crippen molar-refractivity contribution in [3.63, 3.8) is 0 Å². The number of carboxylic acids is 1. The molecule has 1 aromatic carbocycles. The van der Waals surface area contributed by atoms with Gasteiger partial charge in [0.15, 0.2) is 0 Å². The van der Waals surface area contributed by atoms with E-state index in [-0.39, 0.29) is 10.9 Å². The van der Waals surface area contributed by atoms with Gasteiger partial charge in [0.05, 0.1) is 16.6 Å². The zero-order valence-corrected chi connectivity index (χ0v) is 14.7. The molecule has 0 saturated heterocycles. The average Bonchev–Trinajstić information content (AvgIpc) is 3.10. The Labute approximate surface area is 153 Å². The first-order valence-electron chi connectivity index (χ1n) is 7.69. The molecule has 0 radical (unpaired) electrons. The van der Waals surface area contributed by atoms with Crippen molar-refractivity contribution >= 4 is 16.0 Å². The molecule has 12 heteroatoms. The highest BCUT2D eigenvalue weighted by Crippen LogP contribution is 2.15. The van der Waals surface area contributed by atoms with E-state index < -0.39 is 22.2 Å². The molecule has 2 aromatic rings. The number of nitrogens with one attached hydrogen (secondary N) is 2. The van der Waals surface area contributed by atoms with Gasteiger partial charge < -0.3 is 10.4 Å². The van der Waals surface area contributed by atoms with Crippen LogP contribution in [-0.2, 0) is 21.4 Å². The van der Waals surface area contributed by atoms with Gasteiger partial charge in [-0.25, -0.2) is 17.9 Å². The predicted molar refractivity (Wildman–Crippen MR) is 88.3 cm³/mol. The van der Waals surface area contributed by atoms with Crippen LogP contribution in [0.2, 0.25) is 0 Å². The Kier molecular flexibility index (Phi) is 6.57. The summed E-state index contributed by atoms with van der Waals surface area (Å²) >= 11 is 0. The summed E-state index contributed by atoms with van der Waals surface area (Å²) in [5.41, 5.74) is 1.07. The quantitative estimate of drug-likeness (QED) is 0.702. The van der Waals surface area contributed by atoms with Crippen molar-refractivity contribution in [3.05, 3.63) is 48.3 Å². The smallest absolute Gasteiger partial charge is 0.475 e. The van der Waals surface area contributed by atoms with Gasteiger partial charge in [0.25, 0.3) is 0 Å². The molecule has 1 atom stereocenters. The minimum atomic E-state index is -5.08. The molecule has 3 N–H and O–H groups in total. The molecule has 1 aromatic heterocycles. The Balaban J connectivity index is 0.000000321. The highest BCUT2D eigenvalue weighted by atomic mass is 32.2. The first kappa shape index (κ1) is 20.9. The van der Waals surface area contributed by atoms with E-state index >= 15 is 0 Å². The third-order valence-electron chi connectivity index (χ3n) is 3.59. The van der Waals surface area contributed by atoms with Gasteiger partial charge in [-0.2, -0.15) is 18.3 Å². The summed E-state index contributed by atoms with van der Waals surface area (Å²) in [7, 11) is -3.46. The number of aromatic nitrogens is 2. The molecule has 0 fully saturated rings. The molecule has 2 heterocycles. The zero-order valence-electron chi connectivity index (χ0n) is 13.8. The molecule has 0 saturated carbocycles. The molecule has 148 valence electrons. The second kappa shape index (κ2) is 8.50. The van der Waals surface area contributed by atoms with Crippen LogP contribution in [0.15, 0.2) is 47.5 Å². The largest absolute Gasteiger partial charge is 0.490 e. The molecule has 1 unspecified atom stereocenters. The third kappa shape index (κ3) is 5.77. The standard InChI is InChI=1S/C13H16N4O2S.C2HF3O2/c18-20(19,13-4-2-1-3-5-13)16-10-12-9-14-8-11-6-7-15-17(11)12;3-2(4,5)1(6)7/h1-7,12,14,16H,8-10H2;(H,6,7). The average molecular weight is 406 g/mol. The fourth-order valence-corrected chi connectivity index (χ4v) is 3.41. The molecule has 1 aliphatic rings. The summed E-state index contributed by atoms with van der Waals surface area (Å²) < 4.78 is 60.6. The van der Waals surface area contributed by atoms with E-state index in [1.807, 2.05) is 10.7 Å². The first-order chi connectivity index (χ1) is 12.6. The number of carbonyl (C=O) groups is 1. The van der Waals surface area contributed by atoms with Crippen LogP contribution in [0.1, 0.15) is 11.7 Å². The van der Waals surface area contributed by atoms with Crippen LogP contribution >= 0.6 is 0 Å². The number of fused-ring (bicyclic) bond motifs is 1. The first-order valence-corrected chi connectivity index (χ1v) is 9.17. The van der Waals surface area contributed by atoms with Gasteiger partial charge in [-0.1, -0.05) is 18.2 Å². The van der Waals surface area contributed by atoms with E-state index in [1.54, 1.807) is 36.5 Å². The SMILES string of the molecule is O=C(O)C(F)(F)F.O=S(=O)(NCC1CNCc2ccnn21)c1ccccc1. The Bertz CT molecular complexity index is 869. The maximum atomic E-state index is 12.2. The number of carboxylic acid groups (broad SMARTS) is 1. The number of benzene rings is 1. The maximum absolute atomic E-state index is 12.2. The normalized spacial score (nSPS) is 16.8. The molecule has 0 aliphatic carbocycles. The number of rotatable bonds is 4. The summed E-state index contributed by atoms with van der Waals surface area (Å²) in [6.07, 6.45) is -3.35. The second-order valence-corrected chi connectivity index (χ2v) is 7.29. The summed E-state index contributed by atoms with van der Waals surface area (Å²) in [5.74, 6) is -2.76. The number of hydrogen-bond donors (Lipinski definition) is 3. The Morgan fingerprint density at radius 2 is 1.93 bits per heavy atom. The van der Waals surface area contributed by atoms with Crippen molar-refractivity contribution in [1.29, 1.82) is 0 Å². The Hall–Kier alpha value is -2.44. The Morgan fingerprint density at radius 1 is 1.30 bits per heavy atom. The number of halogens is 3. The Morgan fingerprint density at radius 3 is 2.52 bits per heavy atom. The summed E-state index contributed by atoms with van der Waals surface area (Å²) in [5, 5.41) is 14.6. The van der Waals surface area contributed by atoms with Crippen LogP contribution in [0.5, 0.6) is 0 Å². The van der Waals surface area contributed by atoms with Gasteiger partial charge in [0.1, 0.15) is 0 Å². The molecular formula is C15H17F3N4O4S. The van der Waals surface area contributed by atoms with Gasteiger partial charge in [0, 0.05) is 25.8 Å². The molecule has 1 aliphatic heterocycles. The van der Waals surface area contributed by atoms with Crippen molar-refractivity contribution in [1.82, 2.24) is 19.8 Å². The molecule has 0 bridgehead atoms. The van der Waals surface area contributed by atoms with Crippen LogP contribution in [0.4, 0.5) is 13.2 Å². The van der Waals surface area contributed by atoms with Crippen LogP contribution in [-0.4, -0.2) is 48.5 Å². The van der Waals surface area contributed by atoms with Crippen molar-refractivity contribution in [2.24, 2.45) is 0 Å². The van der Waals surface area contributed by atoms with Gasteiger partial charge in [0.2, 0.25) is 10.0 Å². The zero-order chi connectivity index (χ0) is 20.1. The number of hydrogen-bond acceptors (Lipinski definition) is 5. The van der Waals surface area contributed by atoms with E-state index in [0.29, 0.717) is 13.1 Å². The van der Waals surface area contributed by atoms with Crippen LogP contribution in [0.25, 0.3) is 0 Å². The minimum Gasteiger partial charge on any atom is -0.475 e. The van der Waals surface area contributed by atoms with Gasteiger partial charge in [-0.05, 0) is 18.2 Å². The molecule has 3 rings (SSSR count). The molecule has 8 nitrogen and oxygen atoms in total. The van der Waals surface area contributed by atoms with Gasteiger partial charge >= 0.3 is 12.1 Å². The van der Waals surface area contributed by atoms with E-state index in [4.69, 9.17) is 9.90 Å². The number of aliphatic carboxylic acids is 1. The van der Waals surface area contributed by atoms with Gasteiger partial charge in [-0.3, -0.25) is 4.68 Å². The van der Waals surface area contributed by atoms with E-state index in [9.17, 15) is 21.6 Å². The fourth-order valence-electron chi connectivity index (χ4n) is 2.31. The highest BCUT2D eigenvalue weighted by molar-refractivity contribution is 7.89. The lowest BCUT2D eigenvalue weighted by molar-refractivity contribution is -0.192. The number of alkyl halides is 3. The molecule has 0 spiro atoms. The van der Waals surface area contributed by atoms with Gasteiger partial charge in [-0.15, -0.1) is 0 Å². The van der Waals surface area contributed by atoms with E-state index in [1.165, 1.54) is 0 Å². The van der Waals surface area contributed by atoms with E-state index in [0.717, 1.165) is 12.2 Å². The van der Waals surface area contributed by atoms with Crippen molar-refractivity contribution in [3.8, 4) is 0 Å². The molecular weight excluding hydrogens is 389 g/mol. The third-order valence-corrected chi connectivity index (χ3v) is 5.03. The maximum Gasteiger partial charge on any atom is 0.490 e. The molecule has 0 amide bonds. The van der Waals surface area contributed by atoms with Crippen molar-refractivity contribution in [2.75, 3.05) is 13.1 Å². The lowest BCUT2D eigenvalue weighted by Gasteiger charge is -2.25. The van der Waals surface area contributed by atoms with Crippen molar-refractivity contribution in [2.45, 2.75) is 23.7 Å². The van der Waals surface area contributed by atoms with Crippen LogP contribution in [0.3, 0.4) is 0 Å². The van der Waals surface area contributed by atoms with Crippen LogP contribution < -0.4 is 10.0 Å². The summed E-state index contributed by atoms with van der Waals surface area (Å²) in [4.78, 5) is 9.18. The van der Waals surface area contributed by atoms with E-state index in [2.05, 4.69) is 15.1 Å². The second-order valence-electron chi connectivity index (χ2n) is 5.52. The molecule has 27 heavy (non-hydrogen) atoms. The predicted octanol–water partition coefficient (Wildman–Crippen LogP) is 1.14. The summed E-state index contributed by atoms with van der Waals surface area (Å²) in [6, 6.07) is 10.3. The highest BCUT2D eigenvalue weighted by Gasteiger charge is 2.38. The number of nitrogens with zero attached hydrogens (tertiary/aromatic N) is 2. The minimum absolute atomic E-state index is 0.00719.